The number of rotatable bonds is 4. The van der Waals surface area contributed by atoms with Gasteiger partial charge in [0.1, 0.15) is 11.5 Å². The molecule has 1 heterocycles. The highest BCUT2D eigenvalue weighted by atomic mass is 32.2. The maximum Gasteiger partial charge on any atom is 0.433 e. The third-order valence-electron chi connectivity index (χ3n) is 3.39. The van der Waals surface area contributed by atoms with Crippen molar-refractivity contribution in [3.8, 4) is 0 Å². The van der Waals surface area contributed by atoms with E-state index in [1.165, 1.54) is 37.4 Å². The quantitative estimate of drug-likeness (QED) is 0.610. The smallest absolute Gasteiger partial charge is 0.340 e. The zero-order valence-electron chi connectivity index (χ0n) is 14.4. The second kappa shape index (κ2) is 7.89. The highest BCUT2D eigenvalue weighted by Crippen LogP contribution is 2.27. The van der Waals surface area contributed by atoms with Crippen LogP contribution in [0, 0.1) is 6.92 Å². The number of sulfonamides is 1. The lowest BCUT2D eigenvalue weighted by atomic mass is 10.2. The van der Waals surface area contributed by atoms with Gasteiger partial charge in [-0.3, -0.25) is 4.98 Å². The van der Waals surface area contributed by atoms with Crippen molar-refractivity contribution < 1.29 is 21.6 Å². The maximum absolute atomic E-state index is 13.1. The highest BCUT2D eigenvalue weighted by Gasteiger charge is 2.33. The molecule has 0 spiro atoms. The molecule has 0 unspecified atom stereocenters. The summed E-state index contributed by atoms with van der Waals surface area (Å²) in [5.41, 5.74) is 0.336. The molecule has 2 aromatic rings. The lowest BCUT2D eigenvalue weighted by Gasteiger charge is -2.14. The number of halogens is 3. The van der Waals surface area contributed by atoms with Gasteiger partial charge in [-0.1, -0.05) is 6.08 Å². The van der Waals surface area contributed by atoms with Crippen LogP contribution in [0.1, 0.15) is 18.1 Å². The van der Waals surface area contributed by atoms with Crippen LogP contribution in [0.4, 0.5) is 18.9 Å². The Kier molecular flexibility index (Phi) is 6.01. The molecule has 0 bridgehead atoms. The summed E-state index contributed by atoms with van der Waals surface area (Å²) >= 11 is 0. The number of anilines is 1. The van der Waals surface area contributed by atoms with Crippen LogP contribution in [0.25, 0.3) is 0 Å². The van der Waals surface area contributed by atoms with E-state index in [-0.39, 0.29) is 10.7 Å². The van der Waals surface area contributed by atoms with Gasteiger partial charge in [0.2, 0.25) is 10.0 Å². The summed E-state index contributed by atoms with van der Waals surface area (Å²) in [4.78, 5) is 7.56. The number of alkyl halides is 3. The minimum Gasteiger partial charge on any atom is -0.340 e. The van der Waals surface area contributed by atoms with Crippen molar-refractivity contribution >= 4 is 21.5 Å². The summed E-state index contributed by atoms with van der Waals surface area (Å²) in [6, 6.07) is 6.86. The molecule has 2 rings (SSSR count). The summed E-state index contributed by atoms with van der Waals surface area (Å²) in [7, 11) is -3.87. The molecule has 0 amide bonds. The maximum atomic E-state index is 13.1. The Morgan fingerprint density at radius 3 is 2.33 bits per heavy atom. The normalized spacial score (nSPS) is 13.6. The Morgan fingerprint density at radius 2 is 1.85 bits per heavy atom. The average molecular weight is 398 g/mol. The van der Waals surface area contributed by atoms with Crippen LogP contribution in [0.2, 0.25) is 0 Å². The Morgan fingerprint density at radius 1 is 1.22 bits per heavy atom. The van der Waals surface area contributed by atoms with Crippen LogP contribution < -0.4 is 10.5 Å². The first-order valence-corrected chi connectivity index (χ1v) is 9.19. The predicted molar refractivity (Wildman–Crippen MR) is 96.8 cm³/mol. The summed E-state index contributed by atoms with van der Waals surface area (Å²) in [6.07, 6.45) is -0.838. The van der Waals surface area contributed by atoms with E-state index in [0.29, 0.717) is 11.3 Å². The van der Waals surface area contributed by atoms with Crippen molar-refractivity contribution in [2.75, 3.05) is 5.32 Å². The monoisotopic (exact) mass is 398 g/mol. The van der Waals surface area contributed by atoms with Gasteiger partial charge >= 0.3 is 6.18 Å². The summed E-state index contributed by atoms with van der Waals surface area (Å²) in [5, 5.41) is 7.81. The molecule has 144 valence electrons. The Labute approximate surface area is 154 Å². The molecular formula is C17H17F3N4O2S. The van der Waals surface area contributed by atoms with Gasteiger partial charge in [-0.2, -0.15) is 13.2 Å². The number of hydrogen-bond acceptors (Lipinski definition) is 4. The number of benzene rings is 1. The molecule has 0 saturated heterocycles. The molecule has 0 radical (unpaired) electrons. The van der Waals surface area contributed by atoms with Crippen molar-refractivity contribution in [3.05, 3.63) is 65.6 Å². The minimum atomic E-state index is -4.63. The number of primary sulfonamides is 1. The lowest BCUT2D eigenvalue weighted by molar-refractivity contribution is -0.0924. The van der Waals surface area contributed by atoms with E-state index in [9.17, 15) is 21.6 Å². The number of amidine groups is 1. The van der Waals surface area contributed by atoms with Crippen molar-refractivity contribution in [3.63, 3.8) is 0 Å². The van der Waals surface area contributed by atoms with Gasteiger partial charge in [-0.15, -0.1) is 0 Å². The second-order valence-corrected chi connectivity index (χ2v) is 7.14. The standard InChI is InChI=1S/C17H17F3N4O2S/c1-3-15(17(18,19)20)24-16(12-8-11(2)9-22-10-12)23-13-4-6-14(7-5-13)27(21,25)26/h3-10H,1-2H3,(H,23,24)(H2,21,25,26)/b15-3-. The van der Waals surface area contributed by atoms with Crippen LogP contribution in [0.5, 0.6) is 0 Å². The number of nitrogens with one attached hydrogen (secondary N) is 1. The van der Waals surface area contributed by atoms with E-state index in [1.807, 2.05) is 0 Å². The molecule has 1 aromatic heterocycles. The largest absolute Gasteiger partial charge is 0.433 e. The van der Waals surface area contributed by atoms with E-state index in [2.05, 4.69) is 15.3 Å². The molecular weight excluding hydrogens is 381 g/mol. The number of nitrogens with zero attached hydrogens (tertiary/aromatic N) is 2. The molecule has 6 nitrogen and oxygen atoms in total. The van der Waals surface area contributed by atoms with Crippen LogP contribution in [0.3, 0.4) is 0 Å². The number of allylic oxidation sites excluding steroid dienone is 2. The van der Waals surface area contributed by atoms with Crippen LogP contribution in [0.15, 0.2) is 64.4 Å². The van der Waals surface area contributed by atoms with Crippen molar-refractivity contribution in [2.45, 2.75) is 24.9 Å². The van der Waals surface area contributed by atoms with E-state index >= 15 is 0 Å². The second-order valence-electron chi connectivity index (χ2n) is 5.58. The lowest BCUT2D eigenvalue weighted by Crippen LogP contribution is -2.19. The summed E-state index contributed by atoms with van der Waals surface area (Å²) in [6.45, 7) is 2.98. The van der Waals surface area contributed by atoms with Gasteiger partial charge < -0.3 is 5.32 Å². The van der Waals surface area contributed by atoms with E-state index < -0.39 is 21.9 Å². The molecule has 0 atom stereocenters. The molecule has 1 aromatic carbocycles. The first-order chi connectivity index (χ1) is 12.5. The average Bonchev–Trinajstić information content (AvgIpc) is 2.57. The first kappa shape index (κ1) is 20.6. The third-order valence-corrected chi connectivity index (χ3v) is 4.32. The van der Waals surface area contributed by atoms with Gasteiger partial charge in [0, 0.05) is 23.6 Å². The Bertz CT molecular complexity index is 982. The summed E-state index contributed by atoms with van der Waals surface area (Å²) in [5.74, 6) is -0.0834. The predicted octanol–water partition coefficient (Wildman–Crippen LogP) is 3.36. The number of aryl methyl sites for hydroxylation is 1. The topological polar surface area (TPSA) is 97.4 Å². The molecule has 3 N–H and O–H groups in total. The van der Waals surface area contributed by atoms with Gasteiger partial charge in [0.05, 0.1) is 4.90 Å². The zero-order valence-corrected chi connectivity index (χ0v) is 15.3. The van der Waals surface area contributed by atoms with Crippen LogP contribution in [-0.2, 0) is 10.0 Å². The molecule has 10 heteroatoms. The SMILES string of the molecule is C/C=C(\N=C(Nc1ccc(S(N)(=O)=O)cc1)c1cncc(C)c1)C(F)(F)F. The first-order valence-electron chi connectivity index (χ1n) is 7.65. The fourth-order valence-electron chi connectivity index (χ4n) is 2.13. The molecule has 0 aliphatic heterocycles. The minimum absolute atomic E-state index is 0.0834. The Hall–Kier alpha value is -2.72. The van der Waals surface area contributed by atoms with Gasteiger partial charge in [-0.25, -0.2) is 18.5 Å². The Balaban J connectivity index is 2.47. The number of hydrogen-bond donors (Lipinski definition) is 2. The molecule has 0 fully saturated rings. The van der Waals surface area contributed by atoms with Crippen molar-refractivity contribution in [2.24, 2.45) is 10.1 Å². The summed E-state index contributed by atoms with van der Waals surface area (Å²) < 4.78 is 61.9. The van der Waals surface area contributed by atoms with Gasteiger partial charge in [0.25, 0.3) is 0 Å². The molecule has 0 saturated carbocycles. The van der Waals surface area contributed by atoms with Gasteiger partial charge in [-0.05, 0) is 49.7 Å². The fraction of sp³-hybridized carbons (Fsp3) is 0.176. The molecule has 0 aliphatic carbocycles. The molecule has 27 heavy (non-hydrogen) atoms. The third kappa shape index (κ3) is 5.63. The van der Waals surface area contributed by atoms with Crippen LogP contribution in [-0.4, -0.2) is 25.4 Å². The highest BCUT2D eigenvalue weighted by molar-refractivity contribution is 7.89. The van der Waals surface area contributed by atoms with Crippen LogP contribution >= 0.6 is 0 Å². The van der Waals surface area contributed by atoms with E-state index in [4.69, 9.17) is 5.14 Å². The van der Waals surface area contributed by atoms with Crippen molar-refractivity contribution in [1.29, 1.82) is 0 Å². The van der Waals surface area contributed by atoms with Gasteiger partial charge in [0.15, 0.2) is 0 Å². The fourth-order valence-corrected chi connectivity index (χ4v) is 2.64. The number of aliphatic imine (C=N–C) groups is 1. The number of aromatic nitrogens is 1. The zero-order chi connectivity index (χ0) is 20.2. The van der Waals surface area contributed by atoms with E-state index in [1.54, 1.807) is 19.2 Å². The van der Waals surface area contributed by atoms with Crippen molar-refractivity contribution in [1.82, 2.24) is 4.98 Å². The molecule has 0 aliphatic rings. The van der Waals surface area contributed by atoms with E-state index in [0.717, 1.165) is 11.6 Å². The number of pyridine rings is 1. The number of nitrogens with two attached hydrogens (primary N) is 1.